The zero-order valence-corrected chi connectivity index (χ0v) is 25.0. The molecule has 0 spiro atoms. The first-order valence-electron chi connectivity index (χ1n) is 14.2. The van der Waals surface area contributed by atoms with E-state index in [1.807, 2.05) is 20.9 Å². The minimum absolute atomic E-state index is 0.0152. The number of ether oxygens (including phenoxy) is 1. The number of likely N-dealkylation sites (N-methyl/N-ethyl adjacent to an activating group) is 1. The molecule has 1 amide bonds. The van der Waals surface area contributed by atoms with Gasteiger partial charge in [-0.3, -0.25) is 14.5 Å². The van der Waals surface area contributed by atoms with Crippen LogP contribution in [0.2, 0.25) is 0 Å². The number of H-pyrrole nitrogens is 1. The predicted molar refractivity (Wildman–Crippen MR) is 159 cm³/mol. The van der Waals surface area contributed by atoms with Gasteiger partial charge in [-0.05, 0) is 32.9 Å². The van der Waals surface area contributed by atoms with Crippen molar-refractivity contribution >= 4 is 28.8 Å². The molecule has 2 aliphatic heterocycles. The molecule has 0 saturated carbocycles. The molecule has 0 bridgehead atoms. The number of nitrogens with zero attached hydrogens (tertiary/aromatic N) is 5. The van der Waals surface area contributed by atoms with Crippen molar-refractivity contribution < 1.29 is 31.5 Å². The lowest BCUT2D eigenvalue weighted by atomic mass is 9.97. The van der Waals surface area contributed by atoms with Crippen LogP contribution in [0.25, 0.3) is 5.57 Å². The van der Waals surface area contributed by atoms with Gasteiger partial charge in [0.1, 0.15) is 11.5 Å². The van der Waals surface area contributed by atoms with Gasteiger partial charge in [0.2, 0.25) is 11.5 Å². The number of halogens is 5. The highest BCUT2D eigenvalue weighted by atomic mass is 19.4. The van der Waals surface area contributed by atoms with Crippen LogP contribution in [0.1, 0.15) is 41.8 Å². The van der Waals surface area contributed by atoms with Crippen molar-refractivity contribution in [1.82, 2.24) is 19.9 Å². The summed E-state index contributed by atoms with van der Waals surface area (Å²) in [5.41, 5.74) is -4.14. The Bertz CT molecular complexity index is 1660. The van der Waals surface area contributed by atoms with Gasteiger partial charge < -0.3 is 24.8 Å². The molecular weight excluding hydrogens is 601 g/mol. The summed E-state index contributed by atoms with van der Waals surface area (Å²) in [6.45, 7) is 5.01. The minimum Gasteiger partial charge on any atom is -0.494 e. The molecule has 240 valence electrons. The van der Waals surface area contributed by atoms with Crippen molar-refractivity contribution in [2.75, 3.05) is 55.5 Å². The van der Waals surface area contributed by atoms with Gasteiger partial charge in [0.25, 0.3) is 5.91 Å². The van der Waals surface area contributed by atoms with E-state index in [0.29, 0.717) is 43.9 Å². The molecule has 2 unspecified atom stereocenters. The molecule has 1 fully saturated rings. The summed E-state index contributed by atoms with van der Waals surface area (Å²) in [6, 6.07) is 1.27. The number of benzene rings is 1. The Morgan fingerprint density at radius 2 is 1.76 bits per heavy atom. The molecule has 15 heteroatoms. The maximum absolute atomic E-state index is 16.6. The molecule has 10 nitrogen and oxygen atoms in total. The van der Waals surface area contributed by atoms with Gasteiger partial charge >= 0.3 is 6.18 Å². The fourth-order valence-electron chi connectivity index (χ4n) is 5.62. The van der Waals surface area contributed by atoms with Crippen molar-refractivity contribution in [2.24, 2.45) is 0 Å². The first-order chi connectivity index (χ1) is 21.3. The largest absolute Gasteiger partial charge is 0.494 e. The number of alkyl halides is 3. The second-order valence-electron chi connectivity index (χ2n) is 11.1. The number of carbonyl (C=O) groups is 1. The number of piperazine rings is 1. The third-order valence-corrected chi connectivity index (χ3v) is 8.22. The molecule has 0 radical (unpaired) electrons. The maximum Gasteiger partial charge on any atom is 0.417 e. The predicted octanol–water partition coefficient (Wildman–Crippen LogP) is 4.55. The van der Waals surface area contributed by atoms with E-state index in [9.17, 15) is 22.8 Å². The molecule has 2 aliphatic rings. The van der Waals surface area contributed by atoms with Gasteiger partial charge in [-0.25, -0.2) is 18.7 Å². The molecule has 2 N–H and O–H groups in total. The number of aromatic nitrogens is 3. The van der Waals surface area contributed by atoms with Crippen molar-refractivity contribution in [1.29, 1.82) is 0 Å². The molecule has 1 saturated heterocycles. The van der Waals surface area contributed by atoms with Gasteiger partial charge in [0.05, 0.1) is 41.9 Å². The number of pyridine rings is 1. The number of rotatable bonds is 6. The summed E-state index contributed by atoms with van der Waals surface area (Å²) < 4.78 is 79.0. The summed E-state index contributed by atoms with van der Waals surface area (Å²) >= 11 is 0. The summed E-state index contributed by atoms with van der Waals surface area (Å²) in [4.78, 5) is 41.1. The summed E-state index contributed by atoms with van der Waals surface area (Å²) in [7, 11) is 3.39. The summed E-state index contributed by atoms with van der Waals surface area (Å²) in [5.74, 6) is -2.62. The SMILES string of the molecule is COc1cnc(N2CCC=C(c3c(F)cc(N4CC(C)N(C)C(C)C4)c(NC(=O)c4c[nH]c(=O)cc4C(F)(F)F)c3F)C2)nc1. The van der Waals surface area contributed by atoms with Crippen LogP contribution >= 0.6 is 0 Å². The molecule has 4 heterocycles. The normalized spacial score (nSPS) is 19.4. The quantitative estimate of drug-likeness (QED) is 0.381. The van der Waals surface area contributed by atoms with E-state index in [4.69, 9.17) is 4.74 Å². The topological polar surface area (TPSA) is 107 Å². The number of hydrogen-bond acceptors (Lipinski definition) is 8. The fourth-order valence-corrected chi connectivity index (χ4v) is 5.62. The zero-order chi connectivity index (χ0) is 32.6. The van der Waals surface area contributed by atoms with E-state index in [1.54, 1.807) is 15.9 Å². The molecule has 3 aromatic rings. The lowest BCUT2D eigenvalue weighted by Crippen LogP contribution is -2.55. The number of nitrogens with one attached hydrogen (secondary N) is 2. The number of amides is 1. The van der Waals surface area contributed by atoms with Gasteiger partial charge in [-0.15, -0.1) is 0 Å². The van der Waals surface area contributed by atoms with E-state index in [2.05, 4.69) is 25.2 Å². The monoisotopic (exact) mass is 633 g/mol. The fraction of sp³-hybridized carbons (Fsp3) is 0.400. The highest BCUT2D eigenvalue weighted by Gasteiger charge is 2.37. The van der Waals surface area contributed by atoms with E-state index in [0.717, 1.165) is 6.07 Å². The molecule has 0 aliphatic carbocycles. The van der Waals surface area contributed by atoms with Crippen LogP contribution in [0.5, 0.6) is 5.75 Å². The van der Waals surface area contributed by atoms with Crippen LogP contribution in [-0.4, -0.2) is 78.2 Å². The molecular formula is C30H32F5N7O3. The van der Waals surface area contributed by atoms with Gasteiger partial charge in [-0.2, -0.15) is 13.2 Å². The summed E-state index contributed by atoms with van der Waals surface area (Å²) in [5, 5.41) is 2.29. The van der Waals surface area contributed by atoms with Crippen molar-refractivity contribution in [2.45, 2.75) is 38.5 Å². The van der Waals surface area contributed by atoms with Crippen molar-refractivity contribution in [3.63, 3.8) is 0 Å². The maximum atomic E-state index is 16.6. The Hall–Kier alpha value is -4.53. The van der Waals surface area contributed by atoms with E-state index < -0.39 is 51.7 Å². The Morgan fingerprint density at radius 3 is 2.38 bits per heavy atom. The van der Waals surface area contributed by atoms with Crippen LogP contribution in [0.15, 0.2) is 41.6 Å². The average Bonchev–Trinajstić information content (AvgIpc) is 3.00. The number of methoxy groups -OCH3 is 1. The Labute approximate surface area is 255 Å². The first kappa shape index (κ1) is 31.9. The van der Waals surface area contributed by atoms with Crippen LogP contribution in [0.3, 0.4) is 0 Å². The first-order valence-corrected chi connectivity index (χ1v) is 14.2. The summed E-state index contributed by atoms with van der Waals surface area (Å²) in [6.07, 6.45) is 0.572. The minimum atomic E-state index is -5.04. The van der Waals surface area contributed by atoms with E-state index >= 15 is 8.78 Å². The smallest absolute Gasteiger partial charge is 0.417 e. The van der Waals surface area contributed by atoms with E-state index in [-0.39, 0.29) is 36.0 Å². The highest BCUT2D eigenvalue weighted by Crippen LogP contribution is 2.39. The number of anilines is 3. The third-order valence-electron chi connectivity index (χ3n) is 8.22. The van der Waals surface area contributed by atoms with Gasteiger partial charge in [0.15, 0.2) is 11.6 Å². The van der Waals surface area contributed by atoms with Crippen LogP contribution < -0.4 is 25.4 Å². The van der Waals surface area contributed by atoms with Crippen LogP contribution in [0, 0.1) is 11.6 Å². The van der Waals surface area contributed by atoms with Crippen LogP contribution in [0.4, 0.5) is 39.3 Å². The Kier molecular flexibility index (Phi) is 8.83. The zero-order valence-electron chi connectivity index (χ0n) is 25.0. The van der Waals surface area contributed by atoms with Crippen molar-refractivity contribution in [3.05, 3.63) is 75.5 Å². The van der Waals surface area contributed by atoms with E-state index in [1.165, 1.54) is 19.5 Å². The number of hydrogen-bond donors (Lipinski definition) is 2. The molecule has 1 aromatic carbocycles. The molecule has 5 rings (SSSR count). The number of aromatic amines is 1. The lowest BCUT2D eigenvalue weighted by Gasteiger charge is -2.44. The molecule has 2 atom stereocenters. The second kappa shape index (κ2) is 12.5. The van der Waals surface area contributed by atoms with Crippen molar-refractivity contribution in [3.8, 4) is 5.75 Å². The standard InChI is InChI=1S/C30H32F5N7O3/c1-16-13-42(14-17(2)40(16)3)23-9-22(31)25(18-6-5-7-41(15-18)29-37-10-19(45-4)11-38-29)26(32)27(23)39-28(44)20-12-36-24(43)8-21(20)30(33,34)35/h6,8-12,16-17H,5,7,13-15H2,1-4H3,(H,36,43)(H,39,44). The van der Waals surface area contributed by atoms with Crippen LogP contribution in [-0.2, 0) is 6.18 Å². The van der Waals surface area contributed by atoms with Gasteiger partial charge in [0, 0.05) is 56.6 Å². The average molecular weight is 634 g/mol. The van der Waals surface area contributed by atoms with Gasteiger partial charge in [-0.1, -0.05) is 6.08 Å². The molecule has 45 heavy (non-hydrogen) atoms. The number of carbonyl (C=O) groups excluding carboxylic acids is 1. The molecule has 2 aromatic heterocycles. The highest BCUT2D eigenvalue weighted by molar-refractivity contribution is 6.07. The lowest BCUT2D eigenvalue weighted by molar-refractivity contribution is -0.138. The Balaban J connectivity index is 1.58. The Morgan fingerprint density at radius 1 is 1.09 bits per heavy atom. The third kappa shape index (κ3) is 6.48. The second-order valence-corrected chi connectivity index (χ2v) is 11.1.